The summed E-state index contributed by atoms with van der Waals surface area (Å²) in [5.74, 6) is 0.165. The number of nitrogens with one attached hydrogen (secondary N) is 2. The zero-order chi connectivity index (χ0) is 19.4. The lowest BCUT2D eigenvalue weighted by Gasteiger charge is -2.30. The van der Waals surface area contributed by atoms with E-state index in [1.54, 1.807) is 12.1 Å². The smallest absolute Gasteiger partial charge is 0.251 e. The summed E-state index contributed by atoms with van der Waals surface area (Å²) in [4.78, 5) is 13.0. The Morgan fingerprint density at radius 3 is 2.68 bits per heavy atom. The predicted molar refractivity (Wildman–Crippen MR) is 111 cm³/mol. The molecule has 28 heavy (non-hydrogen) atoms. The van der Waals surface area contributed by atoms with Gasteiger partial charge in [-0.1, -0.05) is 19.9 Å². The van der Waals surface area contributed by atoms with Gasteiger partial charge in [-0.2, -0.15) is 4.31 Å². The molecule has 2 unspecified atom stereocenters. The van der Waals surface area contributed by atoms with Crippen LogP contribution in [-0.2, 0) is 21.2 Å². The molecule has 3 rings (SSSR count). The van der Waals surface area contributed by atoms with Gasteiger partial charge in [0.25, 0.3) is 5.91 Å². The maximum absolute atomic E-state index is 13.1. The lowest BCUT2D eigenvalue weighted by atomic mass is 9.94. The van der Waals surface area contributed by atoms with Crippen molar-refractivity contribution in [3.05, 3.63) is 29.3 Å². The Morgan fingerprint density at radius 2 is 2.04 bits per heavy atom. The maximum atomic E-state index is 13.1. The van der Waals surface area contributed by atoms with Crippen LogP contribution < -0.4 is 10.6 Å². The van der Waals surface area contributed by atoms with E-state index in [2.05, 4.69) is 17.6 Å². The molecule has 0 aromatic heterocycles. The molecule has 2 aliphatic rings. The summed E-state index contributed by atoms with van der Waals surface area (Å²) in [6.45, 7) is 7.21. The summed E-state index contributed by atoms with van der Waals surface area (Å²) >= 11 is 0. The first-order valence-electron chi connectivity index (χ1n) is 9.66. The fourth-order valence-electron chi connectivity index (χ4n) is 3.59. The summed E-state index contributed by atoms with van der Waals surface area (Å²) in [6.07, 6.45) is 1.60. The number of hydrogen-bond acceptors (Lipinski definition) is 5. The summed E-state index contributed by atoms with van der Waals surface area (Å²) in [7, 11) is -3.64. The van der Waals surface area contributed by atoms with Crippen molar-refractivity contribution in [2.45, 2.75) is 37.6 Å². The minimum Gasteiger partial charge on any atom is -0.379 e. The monoisotopic (exact) mass is 431 g/mol. The Kier molecular flexibility index (Phi) is 8.27. The van der Waals surface area contributed by atoms with E-state index in [0.29, 0.717) is 44.2 Å². The number of carbonyl (C=O) groups excluding carboxylic acids is 1. The molecule has 0 saturated carbocycles. The molecule has 0 spiro atoms. The lowest BCUT2D eigenvalue weighted by Crippen LogP contribution is -2.50. The van der Waals surface area contributed by atoms with Gasteiger partial charge in [0.2, 0.25) is 10.0 Å². The molecule has 1 amide bonds. The molecule has 7 nitrogen and oxygen atoms in total. The number of carbonyl (C=O) groups is 1. The van der Waals surface area contributed by atoms with E-state index in [9.17, 15) is 13.2 Å². The van der Waals surface area contributed by atoms with Gasteiger partial charge < -0.3 is 15.4 Å². The number of sulfonamides is 1. The Morgan fingerprint density at radius 1 is 1.32 bits per heavy atom. The van der Waals surface area contributed by atoms with Crippen LogP contribution in [0.5, 0.6) is 0 Å². The highest BCUT2D eigenvalue weighted by molar-refractivity contribution is 7.89. The fraction of sp³-hybridized carbons (Fsp3) is 0.632. The van der Waals surface area contributed by atoms with Crippen LogP contribution in [0.1, 0.15) is 36.2 Å². The number of nitrogens with zero attached hydrogens (tertiary/aromatic N) is 1. The number of morpholine rings is 1. The SMILES string of the molecule is CCc1ccc(C(=O)NC2CNCCC2C)cc1S(=O)(=O)N1CCOCC1.Cl. The summed E-state index contributed by atoms with van der Waals surface area (Å²) in [5.41, 5.74) is 1.11. The molecule has 2 N–H and O–H groups in total. The van der Waals surface area contributed by atoms with E-state index in [0.717, 1.165) is 25.1 Å². The molecule has 0 bridgehead atoms. The fourth-order valence-corrected chi connectivity index (χ4v) is 5.32. The van der Waals surface area contributed by atoms with E-state index < -0.39 is 10.0 Å². The van der Waals surface area contributed by atoms with Crippen molar-refractivity contribution in [2.75, 3.05) is 39.4 Å². The molecule has 9 heteroatoms. The Balaban J connectivity index is 0.00000280. The van der Waals surface area contributed by atoms with Crippen LogP contribution in [0, 0.1) is 5.92 Å². The van der Waals surface area contributed by atoms with Gasteiger partial charge in [-0.05, 0) is 43.0 Å². The van der Waals surface area contributed by atoms with Crippen LogP contribution in [0.15, 0.2) is 23.1 Å². The highest BCUT2D eigenvalue weighted by Crippen LogP contribution is 2.24. The number of benzene rings is 1. The maximum Gasteiger partial charge on any atom is 0.251 e. The van der Waals surface area contributed by atoms with Crippen LogP contribution in [-0.4, -0.2) is 64.1 Å². The van der Waals surface area contributed by atoms with E-state index in [1.165, 1.54) is 10.4 Å². The first-order valence-corrected chi connectivity index (χ1v) is 11.1. The highest BCUT2D eigenvalue weighted by atomic mass is 35.5. The van der Waals surface area contributed by atoms with Gasteiger partial charge >= 0.3 is 0 Å². The molecule has 2 saturated heterocycles. The van der Waals surface area contributed by atoms with Crippen molar-refractivity contribution in [3.8, 4) is 0 Å². The largest absolute Gasteiger partial charge is 0.379 e. The lowest BCUT2D eigenvalue weighted by molar-refractivity contribution is 0.0730. The van der Waals surface area contributed by atoms with Crippen molar-refractivity contribution in [1.82, 2.24) is 14.9 Å². The Hall–Kier alpha value is -1.19. The molecule has 0 aliphatic carbocycles. The summed E-state index contributed by atoms with van der Waals surface area (Å²) in [6, 6.07) is 5.05. The first kappa shape index (κ1) is 23.1. The van der Waals surface area contributed by atoms with Crippen LogP contribution >= 0.6 is 12.4 Å². The number of piperidine rings is 1. The van der Waals surface area contributed by atoms with Gasteiger partial charge in [-0.15, -0.1) is 12.4 Å². The molecular weight excluding hydrogens is 402 g/mol. The van der Waals surface area contributed by atoms with Gasteiger partial charge in [0, 0.05) is 31.2 Å². The normalized spacial score (nSPS) is 23.6. The summed E-state index contributed by atoms with van der Waals surface area (Å²) < 4.78 is 32.9. The van der Waals surface area contributed by atoms with Gasteiger partial charge in [0.1, 0.15) is 0 Å². The second-order valence-corrected chi connectivity index (χ2v) is 9.15. The second kappa shape index (κ2) is 10.0. The topological polar surface area (TPSA) is 87.7 Å². The van der Waals surface area contributed by atoms with Crippen molar-refractivity contribution >= 4 is 28.3 Å². The third-order valence-corrected chi connectivity index (χ3v) is 7.42. The van der Waals surface area contributed by atoms with Crippen molar-refractivity contribution in [2.24, 2.45) is 5.92 Å². The van der Waals surface area contributed by atoms with Gasteiger partial charge in [0.05, 0.1) is 18.1 Å². The van der Waals surface area contributed by atoms with Gasteiger partial charge in [-0.25, -0.2) is 8.42 Å². The summed E-state index contributed by atoms with van der Waals surface area (Å²) in [5, 5.41) is 6.34. The average molecular weight is 432 g/mol. The predicted octanol–water partition coefficient (Wildman–Crippen LogP) is 1.42. The molecule has 1 aromatic rings. The molecule has 158 valence electrons. The molecule has 0 radical (unpaired) electrons. The van der Waals surface area contributed by atoms with Gasteiger partial charge in [-0.3, -0.25) is 4.79 Å². The zero-order valence-electron chi connectivity index (χ0n) is 16.4. The average Bonchev–Trinajstić information content (AvgIpc) is 2.69. The van der Waals surface area contributed by atoms with Crippen molar-refractivity contribution < 1.29 is 17.9 Å². The minimum atomic E-state index is -3.64. The molecule has 2 heterocycles. The minimum absolute atomic E-state index is 0. The molecule has 2 aliphatic heterocycles. The van der Waals surface area contributed by atoms with Crippen LogP contribution in [0.4, 0.5) is 0 Å². The third-order valence-electron chi connectivity index (χ3n) is 5.44. The number of aryl methyl sites for hydroxylation is 1. The molecule has 1 aromatic carbocycles. The van der Waals surface area contributed by atoms with E-state index in [-0.39, 0.29) is 29.3 Å². The van der Waals surface area contributed by atoms with E-state index in [1.807, 2.05) is 6.92 Å². The number of rotatable bonds is 5. The quantitative estimate of drug-likeness (QED) is 0.736. The Bertz CT molecular complexity index is 781. The molecule has 2 atom stereocenters. The zero-order valence-corrected chi connectivity index (χ0v) is 18.1. The number of hydrogen-bond donors (Lipinski definition) is 2. The van der Waals surface area contributed by atoms with Gasteiger partial charge in [0.15, 0.2) is 0 Å². The first-order chi connectivity index (χ1) is 12.9. The Labute approximate surface area is 173 Å². The van der Waals surface area contributed by atoms with Crippen LogP contribution in [0.2, 0.25) is 0 Å². The highest BCUT2D eigenvalue weighted by Gasteiger charge is 2.29. The second-order valence-electron chi connectivity index (χ2n) is 7.24. The van der Waals surface area contributed by atoms with Crippen molar-refractivity contribution in [1.29, 1.82) is 0 Å². The van der Waals surface area contributed by atoms with E-state index in [4.69, 9.17) is 4.74 Å². The molecule has 2 fully saturated rings. The molecular formula is C19H30ClN3O4S. The van der Waals surface area contributed by atoms with Crippen LogP contribution in [0.25, 0.3) is 0 Å². The third kappa shape index (κ3) is 5.04. The standard InChI is InChI=1S/C19H29N3O4S.ClH/c1-3-15-4-5-16(19(23)21-17-13-20-7-6-14(17)2)12-18(15)27(24,25)22-8-10-26-11-9-22;/h4-5,12,14,17,20H,3,6-11,13H2,1-2H3,(H,21,23);1H. The van der Waals surface area contributed by atoms with Crippen LogP contribution in [0.3, 0.4) is 0 Å². The number of ether oxygens (including phenoxy) is 1. The number of amides is 1. The van der Waals surface area contributed by atoms with Crippen molar-refractivity contribution in [3.63, 3.8) is 0 Å². The number of halogens is 1. The van der Waals surface area contributed by atoms with E-state index >= 15 is 0 Å².